The third kappa shape index (κ3) is 5.85. The van der Waals surface area contributed by atoms with Gasteiger partial charge in [0.25, 0.3) is 0 Å². The van der Waals surface area contributed by atoms with Crippen LogP contribution in [-0.2, 0) is 16.0 Å². The maximum absolute atomic E-state index is 12.1. The molecule has 0 radical (unpaired) electrons. The first-order valence-corrected chi connectivity index (χ1v) is 8.14. The molecule has 0 heterocycles. The van der Waals surface area contributed by atoms with Crippen LogP contribution in [0.2, 0.25) is 0 Å². The van der Waals surface area contributed by atoms with E-state index in [1.807, 2.05) is 13.8 Å². The van der Waals surface area contributed by atoms with Gasteiger partial charge in [0.1, 0.15) is 6.04 Å². The highest BCUT2D eigenvalue weighted by molar-refractivity contribution is 5.83. The third-order valence-corrected chi connectivity index (χ3v) is 3.75. The first-order valence-electron chi connectivity index (χ1n) is 8.14. The second kappa shape index (κ2) is 9.76. The van der Waals surface area contributed by atoms with E-state index in [4.69, 9.17) is 14.2 Å². The first kappa shape index (κ1) is 20.6. The molecule has 0 saturated heterocycles. The average Bonchev–Trinajstić information content (AvgIpc) is 2.57. The molecule has 0 fully saturated rings. The highest BCUT2D eigenvalue weighted by Crippen LogP contribution is 2.40. The summed E-state index contributed by atoms with van der Waals surface area (Å²) < 4.78 is 15.9. The summed E-state index contributed by atoms with van der Waals surface area (Å²) in [7, 11) is 4.56. The number of rotatable bonds is 10. The molecule has 7 nitrogen and oxygen atoms in total. The minimum atomic E-state index is -1.02. The van der Waals surface area contributed by atoms with Crippen molar-refractivity contribution in [3.63, 3.8) is 0 Å². The Hall–Kier alpha value is -2.44. The lowest BCUT2D eigenvalue weighted by molar-refractivity contribution is -0.142. The number of carboxylic acids is 1. The van der Waals surface area contributed by atoms with Crippen LogP contribution in [0.15, 0.2) is 12.1 Å². The van der Waals surface area contributed by atoms with E-state index in [1.54, 1.807) is 12.1 Å². The number of carbonyl (C=O) groups is 2. The van der Waals surface area contributed by atoms with Crippen molar-refractivity contribution < 1.29 is 28.9 Å². The summed E-state index contributed by atoms with van der Waals surface area (Å²) in [5.41, 5.74) is 0.783. The van der Waals surface area contributed by atoms with Gasteiger partial charge in [-0.15, -0.1) is 0 Å². The van der Waals surface area contributed by atoms with E-state index in [1.165, 1.54) is 21.3 Å². The van der Waals surface area contributed by atoms with Crippen LogP contribution in [0.4, 0.5) is 0 Å². The molecule has 0 aliphatic rings. The van der Waals surface area contributed by atoms with Gasteiger partial charge in [-0.1, -0.05) is 19.9 Å². The predicted molar refractivity (Wildman–Crippen MR) is 93.4 cm³/mol. The van der Waals surface area contributed by atoms with Crippen molar-refractivity contribution in [1.82, 2.24) is 5.32 Å². The molecule has 7 heteroatoms. The van der Waals surface area contributed by atoms with Crippen LogP contribution in [0.25, 0.3) is 0 Å². The molecular formula is C18H27NO6. The molecule has 0 saturated carbocycles. The number of aliphatic carboxylic acids is 1. The Morgan fingerprint density at radius 2 is 1.72 bits per heavy atom. The first-order chi connectivity index (χ1) is 11.8. The van der Waals surface area contributed by atoms with E-state index in [2.05, 4.69) is 5.32 Å². The van der Waals surface area contributed by atoms with Gasteiger partial charge >= 0.3 is 5.97 Å². The molecule has 1 atom stereocenters. The van der Waals surface area contributed by atoms with Gasteiger partial charge in [-0.3, -0.25) is 4.79 Å². The number of benzene rings is 1. The van der Waals surface area contributed by atoms with Gasteiger partial charge in [0, 0.05) is 6.42 Å². The fourth-order valence-corrected chi connectivity index (χ4v) is 2.57. The fraction of sp³-hybridized carbons (Fsp3) is 0.556. The summed E-state index contributed by atoms with van der Waals surface area (Å²) in [6, 6.07) is 2.67. The van der Waals surface area contributed by atoms with Gasteiger partial charge in [-0.25, -0.2) is 4.79 Å². The number of amides is 1. The van der Waals surface area contributed by atoms with Gasteiger partial charge in [0.05, 0.1) is 21.3 Å². The Morgan fingerprint density at radius 1 is 1.08 bits per heavy atom. The maximum atomic E-state index is 12.1. The SMILES string of the molecule is COc1ccc(CCC(=O)NC(CC(C)C)C(=O)O)c(OC)c1OC. The summed E-state index contributed by atoms with van der Waals surface area (Å²) in [6.07, 6.45) is 0.928. The molecule has 140 valence electrons. The molecule has 0 aliphatic carbocycles. The highest BCUT2D eigenvalue weighted by atomic mass is 16.5. The molecule has 1 unspecified atom stereocenters. The summed E-state index contributed by atoms with van der Waals surface area (Å²) in [5.74, 6) is 0.344. The van der Waals surface area contributed by atoms with Crippen molar-refractivity contribution in [2.24, 2.45) is 5.92 Å². The zero-order chi connectivity index (χ0) is 19.0. The van der Waals surface area contributed by atoms with Crippen molar-refractivity contribution in [3.8, 4) is 17.2 Å². The molecule has 0 spiro atoms. The lowest BCUT2D eigenvalue weighted by Gasteiger charge is -2.17. The molecular weight excluding hydrogens is 326 g/mol. The standard InChI is InChI=1S/C18H27NO6/c1-11(2)10-13(18(21)22)19-15(20)9-7-12-6-8-14(23-3)17(25-5)16(12)24-4/h6,8,11,13H,7,9-10H2,1-5H3,(H,19,20)(H,21,22). The van der Waals surface area contributed by atoms with E-state index >= 15 is 0 Å². The molecule has 0 aliphatic heterocycles. The molecule has 1 aromatic carbocycles. The largest absolute Gasteiger partial charge is 0.493 e. The summed E-state index contributed by atoms with van der Waals surface area (Å²) >= 11 is 0. The predicted octanol–water partition coefficient (Wildman–Crippen LogP) is 2.26. The highest BCUT2D eigenvalue weighted by Gasteiger charge is 2.22. The van der Waals surface area contributed by atoms with Crippen LogP contribution < -0.4 is 19.5 Å². The lowest BCUT2D eigenvalue weighted by atomic mass is 10.0. The van der Waals surface area contributed by atoms with E-state index in [-0.39, 0.29) is 18.2 Å². The van der Waals surface area contributed by atoms with Crippen LogP contribution in [0.1, 0.15) is 32.3 Å². The molecule has 0 bridgehead atoms. The van der Waals surface area contributed by atoms with Crippen molar-refractivity contribution in [2.75, 3.05) is 21.3 Å². The molecule has 1 rings (SSSR count). The van der Waals surface area contributed by atoms with Gasteiger partial charge < -0.3 is 24.6 Å². The minimum Gasteiger partial charge on any atom is -0.493 e. The summed E-state index contributed by atoms with van der Waals surface area (Å²) in [6.45, 7) is 3.83. The zero-order valence-electron chi connectivity index (χ0n) is 15.4. The number of nitrogens with one attached hydrogen (secondary N) is 1. The average molecular weight is 353 g/mol. The molecule has 1 aromatic rings. The number of methoxy groups -OCH3 is 3. The topological polar surface area (TPSA) is 94.1 Å². The normalized spacial score (nSPS) is 11.8. The summed E-state index contributed by atoms with van der Waals surface area (Å²) in [4.78, 5) is 23.4. The minimum absolute atomic E-state index is 0.147. The second-order valence-corrected chi connectivity index (χ2v) is 6.08. The molecule has 2 N–H and O–H groups in total. The van der Waals surface area contributed by atoms with E-state index in [0.717, 1.165) is 5.56 Å². The summed E-state index contributed by atoms with van der Waals surface area (Å²) in [5, 5.41) is 11.8. The van der Waals surface area contributed by atoms with Crippen LogP contribution in [0, 0.1) is 5.92 Å². The van der Waals surface area contributed by atoms with Gasteiger partial charge in [-0.05, 0) is 30.4 Å². The van der Waals surface area contributed by atoms with Crippen molar-refractivity contribution >= 4 is 11.9 Å². The Kier molecular flexibility index (Phi) is 8.04. The fourth-order valence-electron chi connectivity index (χ4n) is 2.57. The Morgan fingerprint density at radius 3 is 2.20 bits per heavy atom. The number of hydrogen-bond acceptors (Lipinski definition) is 5. The Balaban J connectivity index is 2.80. The van der Waals surface area contributed by atoms with Crippen molar-refractivity contribution in [1.29, 1.82) is 0 Å². The lowest BCUT2D eigenvalue weighted by Crippen LogP contribution is -2.41. The van der Waals surface area contributed by atoms with Crippen LogP contribution in [-0.4, -0.2) is 44.4 Å². The van der Waals surface area contributed by atoms with Crippen molar-refractivity contribution in [2.45, 2.75) is 39.2 Å². The number of hydrogen-bond donors (Lipinski definition) is 2. The second-order valence-electron chi connectivity index (χ2n) is 6.08. The molecule has 1 amide bonds. The molecule has 0 aromatic heterocycles. The monoisotopic (exact) mass is 353 g/mol. The van der Waals surface area contributed by atoms with Crippen LogP contribution in [0.5, 0.6) is 17.2 Å². The Bertz CT molecular complexity index is 599. The van der Waals surface area contributed by atoms with Crippen LogP contribution in [0.3, 0.4) is 0 Å². The quantitative estimate of drug-likeness (QED) is 0.670. The smallest absolute Gasteiger partial charge is 0.326 e. The number of ether oxygens (including phenoxy) is 3. The van der Waals surface area contributed by atoms with Gasteiger partial charge in [0.2, 0.25) is 11.7 Å². The van der Waals surface area contributed by atoms with Crippen LogP contribution >= 0.6 is 0 Å². The Labute approximate surface area is 148 Å². The molecule has 25 heavy (non-hydrogen) atoms. The number of carboxylic acid groups (broad SMARTS) is 1. The van der Waals surface area contributed by atoms with Crippen molar-refractivity contribution in [3.05, 3.63) is 17.7 Å². The van der Waals surface area contributed by atoms with E-state index in [9.17, 15) is 14.7 Å². The number of carbonyl (C=O) groups excluding carboxylic acids is 1. The maximum Gasteiger partial charge on any atom is 0.326 e. The van der Waals surface area contributed by atoms with Gasteiger partial charge in [0.15, 0.2) is 11.5 Å². The number of aryl methyl sites for hydroxylation is 1. The zero-order valence-corrected chi connectivity index (χ0v) is 15.4. The van der Waals surface area contributed by atoms with E-state index in [0.29, 0.717) is 30.1 Å². The van der Waals surface area contributed by atoms with Gasteiger partial charge in [-0.2, -0.15) is 0 Å². The third-order valence-electron chi connectivity index (χ3n) is 3.75. The van der Waals surface area contributed by atoms with E-state index < -0.39 is 12.0 Å².